The van der Waals surface area contributed by atoms with E-state index >= 15 is 0 Å². The van der Waals surface area contributed by atoms with E-state index in [0.29, 0.717) is 0 Å². The molecule has 0 unspecified atom stereocenters. The summed E-state index contributed by atoms with van der Waals surface area (Å²) in [6.45, 7) is 3.93. The number of hydrogen-bond acceptors (Lipinski definition) is 2. The molecule has 2 rings (SSSR count). The molecule has 0 radical (unpaired) electrons. The number of benzene rings is 1. The molecule has 0 saturated carbocycles. The average Bonchev–Trinajstić information content (AvgIpc) is 2.35. The SMILES string of the molecule is COc1cc2c(cc1C(C)(C)CC(=O)O)CCCC2. The Bertz CT molecular complexity index is 489. The molecule has 0 saturated heterocycles. The van der Waals surface area contributed by atoms with Crippen LogP contribution in [0.2, 0.25) is 0 Å². The van der Waals surface area contributed by atoms with Crippen molar-refractivity contribution in [2.75, 3.05) is 7.11 Å². The number of fused-ring (bicyclic) bond motifs is 1. The van der Waals surface area contributed by atoms with Gasteiger partial charge in [-0.05, 0) is 42.9 Å². The van der Waals surface area contributed by atoms with Gasteiger partial charge >= 0.3 is 5.97 Å². The molecule has 0 amide bonds. The molecular formula is C16H22O3. The highest BCUT2D eigenvalue weighted by Crippen LogP contribution is 2.38. The molecule has 104 valence electrons. The Hall–Kier alpha value is -1.51. The fourth-order valence-electron chi connectivity index (χ4n) is 2.93. The van der Waals surface area contributed by atoms with Crippen LogP contribution >= 0.6 is 0 Å². The first-order chi connectivity index (χ1) is 8.94. The van der Waals surface area contributed by atoms with E-state index in [1.807, 2.05) is 13.8 Å². The molecule has 0 atom stereocenters. The Morgan fingerprint density at radius 3 is 2.37 bits per heavy atom. The first-order valence-electron chi connectivity index (χ1n) is 6.86. The standard InChI is InChI=1S/C16H22O3/c1-16(2,10-15(17)18)13-8-11-6-4-5-7-12(11)9-14(13)19-3/h8-9H,4-7,10H2,1-3H3,(H,17,18). The van der Waals surface area contributed by atoms with Gasteiger partial charge in [0.2, 0.25) is 0 Å². The number of carboxylic acid groups (broad SMARTS) is 1. The molecule has 0 fully saturated rings. The van der Waals surface area contributed by atoms with Gasteiger partial charge in [0.25, 0.3) is 0 Å². The van der Waals surface area contributed by atoms with E-state index in [9.17, 15) is 4.79 Å². The van der Waals surface area contributed by atoms with E-state index in [0.717, 1.165) is 24.2 Å². The predicted octanol–water partition coefficient (Wildman–Crippen LogP) is 3.33. The van der Waals surface area contributed by atoms with E-state index in [4.69, 9.17) is 9.84 Å². The molecule has 19 heavy (non-hydrogen) atoms. The van der Waals surface area contributed by atoms with Crippen LogP contribution < -0.4 is 4.74 Å². The van der Waals surface area contributed by atoms with Gasteiger partial charge in [-0.2, -0.15) is 0 Å². The molecule has 1 aromatic carbocycles. The fraction of sp³-hybridized carbons (Fsp3) is 0.562. The van der Waals surface area contributed by atoms with Crippen LogP contribution in [0, 0.1) is 0 Å². The van der Waals surface area contributed by atoms with Crippen molar-refractivity contribution >= 4 is 5.97 Å². The molecule has 1 aliphatic carbocycles. The zero-order valence-electron chi connectivity index (χ0n) is 12.0. The van der Waals surface area contributed by atoms with Crippen molar-refractivity contribution in [2.24, 2.45) is 0 Å². The summed E-state index contributed by atoms with van der Waals surface area (Å²) in [6, 6.07) is 4.27. The number of carbonyl (C=O) groups is 1. The lowest BCUT2D eigenvalue weighted by Gasteiger charge is -2.28. The number of rotatable bonds is 4. The highest BCUT2D eigenvalue weighted by molar-refractivity contribution is 5.69. The van der Waals surface area contributed by atoms with Gasteiger partial charge in [-0.25, -0.2) is 0 Å². The zero-order valence-corrected chi connectivity index (χ0v) is 12.0. The lowest BCUT2D eigenvalue weighted by molar-refractivity contribution is -0.138. The first kappa shape index (κ1) is 13.9. The highest BCUT2D eigenvalue weighted by Gasteiger charge is 2.29. The maximum Gasteiger partial charge on any atom is 0.304 e. The summed E-state index contributed by atoms with van der Waals surface area (Å²) in [5, 5.41) is 9.07. The zero-order chi connectivity index (χ0) is 14.0. The second kappa shape index (κ2) is 5.24. The second-order valence-corrected chi connectivity index (χ2v) is 5.98. The molecule has 3 nitrogen and oxygen atoms in total. The fourth-order valence-corrected chi connectivity index (χ4v) is 2.93. The van der Waals surface area contributed by atoms with Crippen molar-refractivity contribution in [1.29, 1.82) is 0 Å². The third kappa shape index (κ3) is 2.91. The quantitative estimate of drug-likeness (QED) is 0.905. The van der Waals surface area contributed by atoms with Gasteiger partial charge in [0.1, 0.15) is 5.75 Å². The predicted molar refractivity (Wildman–Crippen MR) is 74.9 cm³/mol. The summed E-state index contributed by atoms with van der Waals surface area (Å²) in [6.07, 6.45) is 4.76. The van der Waals surface area contributed by atoms with Crippen LogP contribution in [0.25, 0.3) is 0 Å². The lowest BCUT2D eigenvalue weighted by Crippen LogP contribution is -2.23. The minimum atomic E-state index is -0.773. The Morgan fingerprint density at radius 2 is 1.84 bits per heavy atom. The minimum Gasteiger partial charge on any atom is -0.496 e. The molecule has 1 aromatic rings. The highest BCUT2D eigenvalue weighted by atomic mass is 16.5. The van der Waals surface area contributed by atoms with E-state index in [2.05, 4.69) is 12.1 Å². The Morgan fingerprint density at radius 1 is 1.26 bits per heavy atom. The summed E-state index contributed by atoms with van der Waals surface area (Å²) >= 11 is 0. The molecule has 3 heteroatoms. The number of aryl methyl sites for hydroxylation is 2. The molecule has 0 spiro atoms. The summed E-state index contributed by atoms with van der Waals surface area (Å²) in [5.74, 6) is 0.0525. The van der Waals surface area contributed by atoms with Gasteiger partial charge < -0.3 is 9.84 Å². The summed E-state index contributed by atoms with van der Waals surface area (Å²) in [4.78, 5) is 11.0. The average molecular weight is 262 g/mol. The second-order valence-electron chi connectivity index (χ2n) is 5.98. The summed E-state index contributed by atoms with van der Waals surface area (Å²) in [5.41, 5.74) is 3.32. The van der Waals surface area contributed by atoms with Gasteiger partial charge in [-0.1, -0.05) is 19.9 Å². The number of aliphatic carboxylic acids is 1. The number of carboxylic acids is 1. The van der Waals surface area contributed by atoms with Crippen LogP contribution in [0.3, 0.4) is 0 Å². The Kier molecular flexibility index (Phi) is 3.83. The van der Waals surface area contributed by atoms with Gasteiger partial charge in [-0.3, -0.25) is 4.79 Å². The molecule has 0 bridgehead atoms. The van der Waals surface area contributed by atoms with Crippen molar-refractivity contribution in [1.82, 2.24) is 0 Å². The monoisotopic (exact) mass is 262 g/mol. The Balaban J connectivity index is 2.46. The molecule has 0 aromatic heterocycles. The van der Waals surface area contributed by atoms with Gasteiger partial charge in [-0.15, -0.1) is 0 Å². The maximum absolute atomic E-state index is 11.0. The molecule has 1 N–H and O–H groups in total. The van der Waals surface area contributed by atoms with Crippen molar-refractivity contribution in [2.45, 2.75) is 51.4 Å². The van der Waals surface area contributed by atoms with Crippen molar-refractivity contribution in [3.63, 3.8) is 0 Å². The molecular weight excluding hydrogens is 240 g/mol. The maximum atomic E-state index is 11.0. The summed E-state index contributed by atoms with van der Waals surface area (Å²) < 4.78 is 5.49. The van der Waals surface area contributed by atoms with Gasteiger partial charge in [0, 0.05) is 11.0 Å². The van der Waals surface area contributed by atoms with E-state index in [1.54, 1.807) is 7.11 Å². The third-order valence-electron chi connectivity index (χ3n) is 3.99. The van der Waals surface area contributed by atoms with Crippen molar-refractivity contribution in [3.05, 3.63) is 28.8 Å². The Labute approximate surface area is 114 Å². The topological polar surface area (TPSA) is 46.5 Å². The van der Waals surface area contributed by atoms with Gasteiger partial charge in [0.05, 0.1) is 13.5 Å². The van der Waals surface area contributed by atoms with Crippen LogP contribution in [0.15, 0.2) is 12.1 Å². The van der Waals surface area contributed by atoms with E-state index in [1.165, 1.54) is 24.0 Å². The van der Waals surface area contributed by atoms with E-state index in [-0.39, 0.29) is 6.42 Å². The first-order valence-corrected chi connectivity index (χ1v) is 6.86. The van der Waals surface area contributed by atoms with Crippen LogP contribution in [-0.4, -0.2) is 18.2 Å². The van der Waals surface area contributed by atoms with Crippen molar-refractivity contribution in [3.8, 4) is 5.75 Å². The van der Waals surface area contributed by atoms with E-state index < -0.39 is 11.4 Å². The molecule has 1 aliphatic rings. The van der Waals surface area contributed by atoms with Crippen LogP contribution in [0.5, 0.6) is 5.75 Å². The summed E-state index contributed by atoms with van der Waals surface area (Å²) in [7, 11) is 1.66. The molecule has 0 aliphatic heterocycles. The molecule has 0 heterocycles. The van der Waals surface area contributed by atoms with Crippen LogP contribution in [0.4, 0.5) is 0 Å². The normalized spacial score (nSPS) is 14.9. The van der Waals surface area contributed by atoms with Crippen LogP contribution in [-0.2, 0) is 23.1 Å². The minimum absolute atomic E-state index is 0.113. The van der Waals surface area contributed by atoms with Gasteiger partial charge in [0.15, 0.2) is 0 Å². The largest absolute Gasteiger partial charge is 0.496 e. The van der Waals surface area contributed by atoms with Crippen molar-refractivity contribution < 1.29 is 14.6 Å². The lowest BCUT2D eigenvalue weighted by atomic mass is 9.78. The number of methoxy groups -OCH3 is 1. The number of ether oxygens (including phenoxy) is 1. The number of hydrogen-bond donors (Lipinski definition) is 1. The smallest absolute Gasteiger partial charge is 0.304 e. The third-order valence-corrected chi connectivity index (χ3v) is 3.99. The van der Waals surface area contributed by atoms with Crippen LogP contribution in [0.1, 0.15) is 49.8 Å².